The van der Waals surface area contributed by atoms with Crippen LogP contribution in [0.2, 0.25) is 0 Å². The summed E-state index contributed by atoms with van der Waals surface area (Å²) in [6.07, 6.45) is 2.47. The Kier molecular flexibility index (Phi) is 5.90. The van der Waals surface area contributed by atoms with E-state index < -0.39 is 0 Å². The number of ether oxygens (including phenoxy) is 1. The van der Waals surface area contributed by atoms with Gasteiger partial charge in [0.25, 0.3) is 5.91 Å². The zero-order valence-corrected chi connectivity index (χ0v) is 16.9. The second-order valence-corrected chi connectivity index (χ2v) is 7.40. The number of carbonyl (C=O) groups is 1. The Bertz CT molecular complexity index is 1010. The van der Waals surface area contributed by atoms with Crippen molar-refractivity contribution in [3.05, 3.63) is 72.1 Å². The molecule has 0 bridgehead atoms. The minimum Gasteiger partial charge on any atom is -0.497 e. The van der Waals surface area contributed by atoms with Crippen LogP contribution in [0.5, 0.6) is 5.75 Å². The molecule has 1 saturated heterocycles. The number of carbonyl (C=O) groups excluding carboxylic acids is 1. The van der Waals surface area contributed by atoms with E-state index in [4.69, 9.17) is 10.5 Å². The molecule has 4 rings (SSSR count). The fourth-order valence-corrected chi connectivity index (χ4v) is 3.66. The number of aromatic nitrogens is 2. The van der Waals surface area contributed by atoms with Gasteiger partial charge in [0.05, 0.1) is 19.0 Å². The standard InChI is InChI=1S/C23H25N5O2/c1-30-19-9-7-17(8-10-19)20-13-25-22(24)21(27-20)23(29)26-18-11-12-28(15-18)14-16-5-3-2-4-6-16/h2-10,13,18H,11-12,14-15H2,1H3,(H2,24,25)(H,26,29)/t18-/m0/s1. The Hall–Kier alpha value is -3.45. The molecule has 7 nitrogen and oxygen atoms in total. The summed E-state index contributed by atoms with van der Waals surface area (Å²) in [5.41, 5.74) is 8.81. The highest BCUT2D eigenvalue weighted by molar-refractivity contribution is 5.97. The second kappa shape index (κ2) is 8.92. The number of nitrogens with zero attached hydrogens (tertiary/aromatic N) is 3. The molecule has 7 heteroatoms. The lowest BCUT2D eigenvalue weighted by molar-refractivity contribution is 0.0933. The zero-order chi connectivity index (χ0) is 20.9. The Balaban J connectivity index is 1.42. The first-order valence-corrected chi connectivity index (χ1v) is 9.96. The molecule has 2 heterocycles. The van der Waals surface area contributed by atoms with Gasteiger partial charge in [0.2, 0.25) is 0 Å². The van der Waals surface area contributed by atoms with Crippen molar-refractivity contribution in [2.75, 3.05) is 25.9 Å². The van der Waals surface area contributed by atoms with E-state index in [-0.39, 0.29) is 23.5 Å². The average molecular weight is 403 g/mol. The van der Waals surface area contributed by atoms with Crippen LogP contribution in [-0.4, -0.2) is 47.0 Å². The molecule has 1 atom stereocenters. The van der Waals surface area contributed by atoms with Gasteiger partial charge in [-0.15, -0.1) is 0 Å². The van der Waals surface area contributed by atoms with Crippen LogP contribution in [0.3, 0.4) is 0 Å². The number of rotatable bonds is 6. The summed E-state index contributed by atoms with van der Waals surface area (Å²) in [5, 5.41) is 3.07. The number of methoxy groups -OCH3 is 1. The van der Waals surface area contributed by atoms with Gasteiger partial charge in [0.1, 0.15) is 5.75 Å². The van der Waals surface area contributed by atoms with Crippen molar-refractivity contribution in [3.63, 3.8) is 0 Å². The molecule has 0 unspecified atom stereocenters. The van der Waals surface area contributed by atoms with Crippen molar-refractivity contribution in [3.8, 4) is 17.0 Å². The molecule has 0 radical (unpaired) electrons. The first-order valence-electron chi connectivity index (χ1n) is 9.96. The number of amides is 1. The van der Waals surface area contributed by atoms with Gasteiger partial charge in [-0.3, -0.25) is 9.69 Å². The number of benzene rings is 2. The molecule has 3 aromatic rings. The highest BCUT2D eigenvalue weighted by atomic mass is 16.5. The number of nitrogens with one attached hydrogen (secondary N) is 1. The largest absolute Gasteiger partial charge is 0.497 e. The van der Waals surface area contributed by atoms with Crippen molar-refractivity contribution in [2.45, 2.75) is 19.0 Å². The molecule has 1 aliphatic rings. The molecule has 0 saturated carbocycles. The first kappa shape index (κ1) is 19.8. The molecule has 154 valence electrons. The molecule has 1 amide bonds. The normalized spacial score (nSPS) is 16.4. The summed E-state index contributed by atoms with van der Waals surface area (Å²) in [6, 6.07) is 17.8. The topological polar surface area (TPSA) is 93.4 Å². The number of anilines is 1. The van der Waals surface area contributed by atoms with Crippen LogP contribution in [0.15, 0.2) is 60.8 Å². The number of likely N-dealkylation sites (tertiary alicyclic amines) is 1. The van der Waals surface area contributed by atoms with Crippen LogP contribution >= 0.6 is 0 Å². The van der Waals surface area contributed by atoms with E-state index >= 15 is 0 Å². The smallest absolute Gasteiger partial charge is 0.274 e. The molecule has 1 aliphatic heterocycles. The van der Waals surface area contributed by atoms with Crippen molar-refractivity contribution in [2.24, 2.45) is 0 Å². The van der Waals surface area contributed by atoms with Crippen LogP contribution < -0.4 is 15.8 Å². The summed E-state index contributed by atoms with van der Waals surface area (Å²) < 4.78 is 5.18. The third-order valence-electron chi connectivity index (χ3n) is 5.26. The third kappa shape index (κ3) is 4.58. The van der Waals surface area contributed by atoms with Crippen molar-refractivity contribution < 1.29 is 9.53 Å². The van der Waals surface area contributed by atoms with Crippen LogP contribution in [0.4, 0.5) is 5.82 Å². The Morgan fingerprint density at radius 3 is 2.70 bits per heavy atom. The summed E-state index contributed by atoms with van der Waals surface area (Å²) in [4.78, 5) is 23.8. The van der Waals surface area contributed by atoms with E-state index in [0.717, 1.165) is 37.4 Å². The number of nitrogen functional groups attached to an aromatic ring is 1. The van der Waals surface area contributed by atoms with Crippen LogP contribution in [0.25, 0.3) is 11.3 Å². The summed E-state index contributed by atoms with van der Waals surface area (Å²) in [6.45, 7) is 2.61. The minimum absolute atomic E-state index is 0.0621. The molecular weight excluding hydrogens is 378 g/mol. The Morgan fingerprint density at radius 1 is 1.20 bits per heavy atom. The van der Waals surface area contributed by atoms with E-state index in [9.17, 15) is 4.79 Å². The maximum Gasteiger partial charge on any atom is 0.274 e. The van der Waals surface area contributed by atoms with Gasteiger partial charge in [-0.1, -0.05) is 30.3 Å². The molecule has 30 heavy (non-hydrogen) atoms. The van der Waals surface area contributed by atoms with E-state index in [0.29, 0.717) is 5.69 Å². The highest BCUT2D eigenvalue weighted by Gasteiger charge is 2.25. The van der Waals surface area contributed by atoms with Gasteiger partial charge in [0, 0.05) is 31.2 Å². The fraction of sp³-hybridized carbons (Fsp3) is 0.261. The van der Waals surface area contributed by atoms with Gasteiger partial charge in [-0.2, -0.15) is 0 Å². The van der Waals surface area contributed by atoms with E-state index in [2.05, 4.69) is 32.3 Å². The van der Waals surface area contributed by atoms with Gasteiger partial charge in [-0.25, -0.2) is 9.97 Å². The molecule has 3 N–H and O–H groups in total. The second-order valence-electron chi connectivity index (χ2n) is 7.40. The molecule has 1 aromatic heterocycles. The van der Waals surface area contributed by atoms with Gasteiger partial charge in [-0.05, 0) is 36.2 Å². The third-order valence-corrected chi connectivity index (χ3v) is 5.26. The van der Waals surface area contributed by atoms with Gasteiger partial charge < -0.3 is 15.8 Å². The quantitative estimate of drug-likeness (QED) is 0.657. The molecule has 2 aromatic carbocycles. The highest BCUT2D eigenvalue weighted by Crippen LogP contribution is 2.22. The minimum atomic E-state index is -0.290. The summed E-state index contributed by atoms with van der Waals surface area (Å²) in [5.74, 6) is 0.590. The maximum atomic E-state index is 12.8. The molecular formula is C23H25N5O2. The zero-order valence-electron chi connectivity index (χ0n) is 16.9. The number of nitrogens with two attached hydrogens (primary N) is 1. The first-order chi connectivity index (χ1) is 14.6. The van der Waals surface area contributed by atoms with Crippen molar-refractivity contribution in [1.82, 2.24) is 20.2 Å². The van der Waals surface area contributed by atoms with Gasteiger partial charge in [0.15, 0.2) is 11.5 Å². The Labute approximate surface area is 175 Å². The van der Waals surface area contributed by atoms with Crippen LogP contribution in [0, 0.1) is 0 Å². The van der Waals surface area contributed by atoms with Crippen LogP contribution in [-0.2, 0) is 6.54 Å². The van der Waals surface area contributed by atoms with E-state index in [1.165, 1.54) is 5.56 Å². The van der Waals surface area contributed by atoms with E-state index in [1.54, 1.807) is 13.3 Å². The maximum absolute atomic E-state index is 12.8. The lowest BCUT2D eigenvalue weighted by Crippen LogP contribution is -2.37. The molecule has 0 spiro atoms. The number of hydrogen-bond acceptors (Lipinski definition) is 6. The van der Waals surface area contributed by atoms with Gasteiger partial charge >= 0.3 is 0 Å². The fourth-order valence-electron chi connectivity index (χ4n) is 3.66. The van der Waals surface area contributed by atoms with Crippen molar-refractivity contribution in [1.29, 1.82) is 0 Å². The molecule has 0 aliphatic carbocycles. The van der Waals surface area contributed by atoms with Crippen LogP contribution in [0.1, 0.15) is 22.5 Å². The lowest BCUT2D eigenvalue weighted by atomic mass is 10.1. The lowest BCUT2D eigenvalue weighted by Gasteiger charge is -2.17. The van der Waals surface area contributed by atoms with Crippen molar-refractivity contribution >= 4 is 11.7 Å². The Morgan fingerprint density at radius 2 is 1.97 bits per heavy atom. The molecule has 1 fully saturated rings. The predicted molar refractivity (Wildman–Crippen MR) is 116 cm³/mol. The summed E-state index contributed by atoms with van der Waals surface area (Å²) in [7, 11) is 1.62. The monoisotopic (exact) mass is 403 g/mol. The predicted octanol–water partition coefficient (Wildman–Crippen LogP) is 2.74. The SMILES string of the molecule is COc1ccc(-c2cnc(N)c(C(=O)N[C@H]3CCN(Cc4ccccc4)C3)n2)cc1. The van der Waals surface area contributed by atoms with E-state index in [1.807, 2.05) is 42.5 Å². The average Bonchev–Trinajstić information content (AvgIpc) is 3.21. The summed E-state index contributed by atoms with van der Waals surface area (Å²) >= 11 is 0. The number of hydrogen-bond donors (Lipinski definition) is 2.